The highest BCUT2D eigenvalue weighted by Crippen LogP contribution is 2.29. The minimum absolute atomic E-state index is 0.0803. The third-order valence-corrected chi connectivity index (χ3v) is 5.94. The summed E-state index contributed by atoms with van der Waals surface area (Å²) in [5, 5.41) is 3.13. The van der Waals surface area contributed by atoms with Gasteiger partial charge in [0.05, 0.1) is 10.9 Å². The molecule has 1 aliphatic rings. The Morgan fingerprint density at radius 3 is 2.62 bits per heavy atom. The Morgan fingerprint density at radius 2 is 1.92 bits per heavy atom. The van der Waals surface area contributed by atoms with Crippen LogP contribution in [-0.2, 0) is 10.0 Å². The Hall–Kier alpha value is -1.83. The zero-order chi connectivity index (χ0) is 17.3. The summed E-state index contributed by atoms with van der Waals surface area (Å²) in [6.45, 7) is 2.74. The average molecular weight is 352 g/mol. The second-order valence-electron chi connectivity index (χ2n) is 5.85. The van der Waals surface area contributed by atoms with Gasteiger partial charge in [-0.05, 0) is 48.4 Å². The van der Waals surface area contributed by atoms with Crippen molar-refractivity contribution in [3.63, 3.8) is 0 Å². The molecule has 1 aliphatic heterocycles. The summed E-state index contributed by atoms with van der Waals surface area (Å²) < 4.78 is 54.5. The molecule has 1 unspecified atom stereocenters. The van der Waals surface area contributed by atoms with E-state index in [9.17, 15) is 17.2 Å². The summed E-state index contributed by atoms with van der Waals surface area (Å²) in [6.07, 6.45) is 0. The summed E-state index contributed by atoms with van der Waals surface area (Å²) >= 11 is 0. The van der Waals surface area contributed by atoms with E-state index in [1.54, 1.807) is 19.1 Å². The molecule has 1 atom stereocenters. The SMILES string of the molecule is Cc1cc(F)cc(S(=O)(=O)N2CCNCC2c2cccc(F)c2)c1. The highest BCUT2D eigenvalue weighted by molar-refractivity contribution is 7.89. The Bertz CT molecular complexity index is 835. The van der Waals surface area contributed by atoms with E-state index in [1.165, 1.54) is 28.6 Å². The van der Waals surface area contributed by atoms with Crippen LogP contribution in [0.15, 0.2) is 47.4 Å². The third-order valence-electron chi connectivity index (χ3n) is 4.05. The first-order valence-corrected chi connectivity index (χ1v) is 9.07. The lowest BCUT2D eigenvalue weighted by molar-refractivity contribution is 0.271. The highest BCUT2D eigenvalue weighted by Gasteiger charge is 2.34. The van der Waals surface area contributed by atoms with Crippen molar-refractivity contribution in [3.8, 4) is 0 Å². The highest BCUT2D eigenvalue weighted by atomic mass is 32.2. The molecule has 24 heavy (non-hydrogen) atoms. The molecule has 1 fully saturated rings. The first-order valence-electron chi connectivity index (χ1n) is 7.63. The average Bonchev–Trinajstić information content (AvgIpc) is 2.54. The van der Waals surface area contributed by atoms with Gasteiger partial charge in [-0.2, -0.15) is 4.31 Å². The molecule has 7 heteroatoms. The van der Waals surface area contributed by atoms with Gasteiger partial charge in [0, 0.05) is 19.6 Å². The number of halogens is 2. The number of hydrogen-bond donors (Lipinski definition) is 1. The van der Waals surface area contributed by atoms with E-state index in [4.69, 9.17) is 0 Å². The molecule has 0 spiro atoms. The molecule has 1 N–H and O–H groups in total. The summed E-state index contributed by atoms with van der Waals surface area (Å²) in [7, 11) is -3.89. The van der Waals surface area contributed by atoms with Crippen LogP contribution in [0, 0.1) is 18.6 Å². The van der Waals surface area contributed by atoms with Crippen LogP contribution in [0.2, 0.25) is 0 Å². The minimum Gasteiger partial charge on any atom is -0.313 e. The third kappa shape index (κ3) is 3.33. The molecular weight excluding hydrogens is 334 g/mol. The van der Waals surface area contributed by atoms with Crippen molar-refractivity contribution in [1.29, 1.82) is 0 Å². The zero-order valence-electron chi connectivity index (χ0n) is 13.2. The van der Waals surface area contributed by atoms with Crippen LogP contribution in [0.1, 0.15) is 17.2 Å². The molecule has 0 aliphatic carbocycles. The monoisotopic (exact) mass is 352 g/mol. The first kappa shape index (κ1) is 17.0. The van der Waals surface area contributed by atoms with Gasteiger partial charge in [-0.1, -0.05) is 12.1 Å². The van der Waals surface area contributed by atoms with Crippen LogP contribution in [-0.4, -0.2) is 32.4 Å². The molecule has 3 rings (SSSR count). The van der Waals surface area contributed by atoms with Gasteiger partial charge in [0.2, 0.25) is 10.0 Å². The van der Waals surface area contributed by atoms with E-state index >= 15 is 0 Å². The molecule has 1 heterocycles. The first-order chi connectivity index (χ1) is 11.4. The van der Waals surface area contributed by atoms with E-state index in [-0.39, 0.29) is 11.4 Å². The summed E-state index contributed by atoms with van der Waals surface area (Å²) in [6, 6.07) is 9.10. The number of aryl methyl sites for hydroxylation is 1. The van der Waals surface area contributed by atoms with Crippen molar-refractivity contribution >= 4 is 10.0 Å². The summed E-state index contributed by atoms with van der Waals surface area (Å²) in [4.78, 5) is -0.0803. The molecule has 0 radical (unpaired) electrons. The second kappa shape index (κ2) is 6.58. The Morgan fingerprint density at radius 1 is 1.12 bits per heavy atom. The number of hydrogen-bond acceptors (Lipinski definition) is 3. The minimum atomic E-state index is -3.89. The van der Waals surface area contributed by atoms with Crippen LogP contribution in [0.5, 0.6) is 0 Å². The topological polar surface area (TPSA) is 49.4 Å². The molecule has 1 saturated heterocycles. The molecule has 128 valence electrons. The smallest absolute Gasteiger partial charge is 0.243 e. The molecule has 0 amide bonds. The lowest BCUT2D eigenvalue weighted by atomic mass is 10.1. The van der Waals surface area contributed by atoms with Gasteiger partial charge in [0.1, 0.15) is 11.6 Å². The number of rotatable bonds is 3. The predicted molar refractivity (Wildman–Crippen MR) is 87.0 cm³/mol. The number of nitrogens with zero attached hydrogens (tertiary/aromatic N) is 1. The fourth-order valence-electron chi connectivity index (χ4n) is 2.96. The van der Waals surface area contributed by atoms with E-state index in [0.717, 1.165) is 6.07 Å². The molecule has 2 aromatic rings. The molecule has 4 nitrogen and oxygen atoms in total. The van der Waals surface area contributed by atoms with Crippen LogP contribution < -0.4 is 5.32 Å². The maximum absolute atomic E-state index is 13.7. The lowest BCUT2D eigenvalue weighted by Crippen LogP contribution is -2.48. The van der Waals surface area contributed by atoms with Gasteiger partial charge in [0.15, 0.2) is 0 Å². The Labute approximate surface area is 140 Å². The quantitative estimate of drug-likeness (QED) is 0.924. The number of nitrogens with one attached hydrogen (secondary N) is 1. The van der Waals surface area contributed by atoms with Crippen LogP contribution in [0.4, 0.5) is 8.78 Å². The number of benzene rings is 2. The molecular formula is C17H18F2N2O2S. The molecule has 0 bridgehead atoms. The van der Waals surface area contributed by atoms with Crippen molar-refractivity contribution in [2.45, 2.75) is 17.9 Å². The maximum atomic E-state index is 13.7. The Balaban J connectivity index is 2.03. The fraction of sp³-hybridized carbons (Fsp3) is 0.294. The Kier molecular flexibility index (Phi) is 4.67. The normalized spacial score (nSPS) is 19.4. The second-order valence-corrected chi connectivity index (χ2v) is 7.75. The number of sulfonamides is 1. The zero-order valence-corrected chi connectivity index (χ0v) is 14.0. The summed E-state index contributed by atoms with van der Waals surface area (Å²) in [5.41, 5.74) is 1.10. The van der Waals surface area contributed by atoms with E-state index in [1.807, 2.05) is 0 Å². The van der Waals surface area contributed by atoms with Gasteiger partial charge in [-0.3, -0.25) is 0 Å². The van der Waals surface area contributed by atoms with Crippen molar-refractivity contribution < 1.29 is 17.2 Å². The number of piperazine rings is 1. The largest absolute Gasteiger partial charge is 0.313 e. The molecule has 0 aromatic heterocycles. The van der Waals surface area contributed by atoms with Gasteiger partial charge < -0.3 is 5.32 Å². The van der Waals surface area contributed by atoms with Gasteiger partial charge in [-0.15, -0.1) is 0 Å². The van der Waals surface area contributed by atoms with Crippen molar-refractivity contribution in [1.82, 2.24) is 9.62 Å². The maximum Gasteiger partial charge on any atom is 0.243 e. The van der Waals surface area contributed by atoms with Crippen molar-refractivity contribution in [2.24, 2.45) is 0 Å². The van der Waals surface area contributed by atoms with Crippen molar-refractivity contribution in [3.05, 3.63) is 65.2 Å². The van der Waals surface area contributed by atoms with Crippen LogP contribution in [0.3, 0.4) is 0 Å². The van der Waals surface area contributed by atoms with E-state index in [2.05, 4.69) is 5.32 Å². The van der Waals surface area contributed by atoms with E-state index < -0.39 is 27.7 Å². The molecule has 0 saturated carbocycles. The summed E-state index contributed by atoms with van der Waals surface area (Å²) in [5.74, 6) is -1.01. The van der Waals surface area contributed by atoms with Gasteiger partial charge >= 0.3 is 0 Å². The standard InChI is InChI=1S/C17H18F2N2O2S/c1-12-7-15(19)10-16(8-12)24(22,23)21-6-5-20-11-17(21)13-3-2-4-14(18)9-13/h2-4,7-10,17,20H,5-6,11H2,1H3. The lowest BCUT2D eigenvalue weighted by Gasteiger charge is -2.35. The fourth-order valence-corrected chi connectivity index (χ4v) is 4.69. The molecule has 2 aromatic carbocycles. The van der Waals surface area contributed by atoms with Crippen LogP contribution >= 0.6 is 0 Å². The van der Waals surface area contributed by atoms with Gasteiger partial charge in [-0.25, -0.2) is 17.2 Å². The van der Waals surface area contributed by atoms with Crippen molar-refractivity contribution in [2.75, 3.05) is 19.6 Å². The predicted octanol–water partition coefficient (Wildman–Crippen LogP) is 2.61. The van der Waals surface area contributed by atoms with E-state index in [0.29, 0.717) is 24.2 Å². The van der Waals surface area contributed by atoms with Gasteiger partial charge in [0.25, 0.3) is 0 Å². The van der Waals surface area contributed by atoms with Crippen LogP contribution in [0.25, 0.3) is 0 Å².